The molecule has 0 fully saturated rings. The summed E-state index contributed by atoms with van der Waals surface area (Å²) in [6, 6.07) is 5.59. The number of anilines is 1. The van der Waals surface area contributed by atoms with Gasteiger partial charge in [0.2, 0.25) is 5.91 Å². The van der Waals surface area contributed by atoms with Crippen LogP contribution in [0.15, 0.2) is 23.1 Å². The quantitative estimate of drug-likeness (QED) is 0.596. The second-order valence-electron chi connectivity index (χ2n) is 3.83. The normalized spacial score (nSPS) is 10.4. The molecule has 5 heteroatoms. The van der Waals surface area contributed by atoms with E-state index in [0.29, 0.717) is 11.4 Å². The third-order valence-electron chi connectivity index (χ3n) is 2.35. The summed E-state index contributed by atoms with van der Waals surface area (Å²) < 4.78 is 0. The molecule has 1 amide bonds. The number of rotatable bonds is 7. The molecule has 0 heterocycles. The SMILES string of the molecule is CCSc1ccc(Cl)cc1NC(=O)CCCNC. The molecule has 1 aromatic carbocycles. The van der Waals surface area contributed by atoms with Gasteiger partial charge in [-0.15, -0.1) is 11.8 Å². The third kappa shape index (κ3) is 5.29. The van der Waals surface area contributed by atoms with Crippen molar-refractivity contribution in [2.24, 2.45) is 0 Å². The monoisotopic (exact) mass is 286 g/mol. The Morgan fingerprint density at radius 2 is 2.22 bits per heavy atom. The zero-order valence-electron chi connectivity index (χ0n) is 10.8. The van der Waals surface area contributed by atoms with Crippen LogP contribution in [0.5, 0.6) is 0 Å². The summed E-state index contributed by atoms with van der Waals surface area (Å²) in [6.07, 6.45) is 1.35. The Morgan fingerprint density at radius 3 is 2.89 bits per heavy atom. The highest BCUT2D eigenvalue weighted by atomic mass is 35.5. The number of benzene rings is 1. The van der Waals surface area contributed by atoms with E-state index < -0.39 is 0 Å². The standard InChI is InChI=1S/C13H19ClN2OS/c1-3-18-12-7-6-10(14)9-11(12)16-13(17)5-4-8-15-2/h6-7,9,15H,3-5,8H2,1-2H3,(H,16,17). The second kappa shape index (κ2) is 8.40. The fraction of sp³-hybridized carbons (Fsp3) is 0.462. The van der Waals surface area contributed by atoms with Gasteiger partial charge in [0.25, 0.3) is 0 Å². The third-order valence-corrected chi connectivity index (χ3v) is 3.54. The van der Waals surface area contributed by atoms with Crippen LogP contribution in [-0.2, 0) is 4.79 Å². The van der Waals surface area contributed by atoms with Crippen LogP contribution in [-0.4, -0.2) is 25.3 Å². The average molecular weight is 287 g/mol. The number of thioether (sulfide) groups is 1. The average Bonchev–Trinajstić information content (AvgIpc) is 2.33. The minimum Gasteiger partial charge on any atom is -0.325 e. The molecule has 0 aliphatic heterocycles. The van der Waals surface area contributed by atoms with Gasteiger partial charge < -0.3 is 10.6 Å². The van der Waals surface area contributed by atoms with Crippen LogP contribution in [0.1, 0.15) is 19.8 Å². The van der Waals surface area contributed by atoms with E-state index in [1.165, 1.54) is 0 Å². The Balaban J connectivity index is 2.63. The molecule has 0 unspecified atom stereocenters. The Kier molecular flexibility index (Phi) is 7.16. The predicted molar refractivity (Wildman–Crippen MR) is 79.6 cm³/mol. The fourth-order valence-electron chi connectivity index (χ4n) is 1.52. The predicted octanol–water partition coefficient (Wildman–Crippen LogP) is 3.39. The number of amides is 1. The zero-order valence-corrected chi connectivity index (χ0v) is 12.3. The van der Waals surface area contributed by atoms with E-state index in [-0.39, 0.29) is 5.91 Å². The highest BCUT2D eigenvalue weighted by Gasteiger charge is 2.07. The lowest BCUT2D eigenvalue weighted by atomic mass is 10.2. The van der Waals surface area contributed by atoms with Crippen LogP contribution in [0.3, 0.4) is 0 Å². The van der Waals surface area contributed by atoms with Crippen molar-refractivity contribution in [3.8, 4) is 0 Å². The van der Waals surface area contributed by atoms with Crippen molar-refractivity contribution in [1.82, 2.24) is 5.32 Å². The summed E-state index contributed by atoms with van der Waals surface area (Å²) in [6.45, 7) is 2.93. The highest BCUT2D eigenvalue weighted by molar-refractivity contribution is 7.99. The summed E-state index contributed by atoms with van der Waals surface area (Å²) >= 11 is 7.65. The van der Waals surface area contributed by atoms with E-state index in [4.69, 9.17) is 11.6 Å². The molecule has 0 saturated heterocycles. The van der Waals surface area contributed by atoms with Crippen LogP contribution < -0.4 is 10.6 Å². The van der Waals surface area contributed by atoms with Crippen molar-refractivity contribution in [3.05, 3.63) is 23.2 Å². The molecule has 18 heavy (non-hydrogen) atoms. The Hall–Kier alpha value is -0.710. The Morgan fingerprint density at radius 1 is 1.44 bits per heavy atom. The molecular formula is C13H19ClN2OS. The van der Waals surface area contributed by atoms with E-state index in [1.54, 1.807) is 17.8 Å². The maximum atomic E-state index is 11.8. The first-order chi connectivity index (χ1) is 8.67. The van der Waals surface area contributed by atoms with Gasteiger partial charge in [0.1, 0.15) is 0 Å². The number of halogens is 1. The summed E-state index contributed by atoms with van der Waals surface area (Å²) in [7, 11) is 1.88. The van der Waals surface area contributed by atoms with E-state index in [0.717, 1.165) is 29.3 Å². The minimum absolute atomic E-state index is 0.0328. The van der Waals surface area contributed by atoms with Gasteiger partial charge >= 0.3 is 0 Å². The maximum Gasteiger partial charge on any atom is 0.224 e. The number of hydrogen-bond acceptors (Lipinski definition) is 3. The van der Waals surface area contributed by atoms with Crippen molar-refractivity contribution < 1.29 is 4.79 Å². The van der Waals surface area contributed by atoms with Gasteiger partial charge in [-0.25, -0.2) is 0 Å². The minimum atomic E-state index is 0.0328. The molecule has 3 nitrogen and oxygen atoms in total. The molecule has 1 aromatic rings. The molecule has 0 saturated carbocycles. The molecular weight excluding hydrogens is 268 g/mol. The summed E-state index contributed by atoms with van der Waals surface area (Å²) in [5.74, 6) is 0.995. The topological polar surface area (TPSA) is 41.1 Å². The van der Waals surface area contributed by atoms with Crippen molar-refractivity contribution in [3.63, 3.8) is 0 Å². The Bertz CT molecular complexity index is 399. The molecule has 0 aliphatic rings. The largest absolute Gasteiger partial charge is 0.325 e. The first kappa shape index (κ1) is 15.3. The molecule has 0 aromatic heterocycles. The van der Waals surface area contributed by atoms with Crippen LogP contribution >= 0.6 is 23.4 Å². The van der Waals surface area contributed by atoms with Gasteiger partial charge in [0.05, 0.1) is 5.69 Å². The fourth-order valence-corrected chi connectivity index (χ4v) is 2.43. The molecule has 100 valence electrons. The van der Waals surface area contributed by atoms with Gasteiger partial charge in [-0.3, -0.25) is 4.79 Å². The van der Waals surface area contributed by atoms with Crippen molar-refractivity contribution in [2.75, 3.05) is 24.7 Å². The zero-order chi connectivity index (χ0) is 13.4. The van der Waals surface area contributed by atoms with Gasteiger partial charge in [0.15, 0.2) is 0 Å². The first-order valence-corrected chi connectivity index (χ1v) is 7.40. The number of nitrogens with one attached hydrogen (secondary N) is 2. The molecule has 0 atom stereocenters. The number of hydrogen-bond donors (Lipinski definition) is 2. The number of carbonyl (C=O) groups excluding carboxylic acids is 1. The van der Waals surface area contributed by atoms with E-state index in [9.17, 15) is 4.79 Å². The summed E-state index contributed by atoms with van der Waals surface area (Å²) in [5, 5.41) is 6.59. The highest BCUT2D eigenvalue weighted by Crippen LogP contribution is 2.29. The maximum absolute atomic E-state index is 11.8. The van der Waals surface area contributed by atoms with Crippen LogP contribution in [0.2, 0.25) is 5.02 Å². The van der Waals surface area contributed by atoms with Crippen molar-refractivity contribution in [1.29, 1.82) is 0 Å². The smallest absolute Gasteiger partial charge is 0.224 e. The second-order valence-corrected chi connectivity index (χ2v) is 5.57. The van der Waals surface area contributed by atoms with Gasteiger partial charge in [0, 0.05) is 16.3 Å². The first-order valence-electron chi connectivity index (χ1n) is 6.04. The molecule has 0 bridgehead atoms. The lowest BCUT2D eigenvalue weighted by molar-refractivity contribution is -0.116. The van der Waals surface area contributed by atoms with E-state index >= 15 is 0 Å². The Labute approximate surface area is 118 Å². The lowest BCUT2D eigenvalue weighted by Gasteiger charge is -2.10. The molecule has 2 N–H and O–H groups in total. The molecule has 0 spiro atoms. The van der Waals surface area contributed by atoms with E-state index in [2.05, 4.69) is 17.6 Å². The van der Waals surface area contributed by atoms with E-state index in [1.807, 2.05) is 19.2 Å². The summed E-state index contributed by atoms with van der Waals surface area (Å²) in [4.78, 5) is 12.8. The van der Waals surface area contributed by atoms with Crippen molar-refractivity contribution >= 4 is 35.0 Å². The number of carbonyl (C=O) groups is 1. The summed E-state index contributed by atoms with van der Waals surface area (Å²) in [5.41, 5.74) is 0.809. The van der Waals surface area contributed by atoms with Crippen LogP contribution in [0, 0.1) is 0 Å². The van der Waals surface area contributed by atoms with Gasteiger partial charge in [-0.2, -0.15) is 0 Å². The molecule has 0 aliphatic carbocycles. The van der Waals surface area contributed by atoms with Gasteiger partial charge in [-0.1, -0.05) is 18.5 Å². The van der Waals surface area contributed by atoms with Crippen LogP contribution in [0.4, 0.5) is 5.69 Å². The van der Waals surface area contributed by atoms with Crippen LogP contribution in [0.25, 0.3) is 0 Å². The lowest BCUT2D eigenvalue weighted by Crippen LogP contribution is -2.15. The molecule has 0 radical (unpaired) electrons. The van der Waals surface area contributed by atoms with Crippen molar-refractivity contribution in [2.45, 2.75) is 24.7 Å². The molecule has 1 rings (SSSR count). The van der Waals surface area contributed by atoms with Gasteiger partial charge in [-0.05, 0) is 44.0 Å².